The summed E-state index contributed by atoms with van der Waals surface area (Å²) in [6.07, 6.45) is 6.47. The van der Waals surface area contributed by atoms with Gasteiger partial charge >= 0.3 is 0 Å². The Morgan fingerprint density at radius 2 is 1.91 bits per heavy atom. The second kappa shape index (κ2) is 9.78. The summed E-state index contributed by atoms with van der Waals surface area (Å²) >= 11 is 0. The van der Waals surface area contributed by atoms with E-state index in [4.69, 9.17) is 9.47 Å². The Balaban J connectivity index is 1.21. The van der Waals surface area contributed by atoms with Crippen molar-refractivity contribution in [3.63, 3.8) is 0 Å². The molecule has 9 atom stereocenters. The number of carbonyl (C=O) groups excluding carboxylic acids is 2. The highest BCUT2D eigenvalue weighted by atomic mass is 19.1. The summed E-state index contributed by atoms with van der Waals surface area (Å²) in [6, 6.07) is 9.50. The van der Waals surface area contributed by atoms with Crippen LogP contribution < -0.4 is 0 Å². The molecule has 3 N–H and O–H groups in total. The zero-order chi connectivity index (χ0) is 30.4. The van der Waals surface area contributed by atoms with E-state index in [2.05, 4.69) is 0 Å². The average molecular weight is 592 g/mol. The third kappa shape index (κ3) is 3.72. The van der Waals surface area contributed by atoms with Crippen LogP contribution >= 0.6 is 0 Å². The molecule has 4 fully saturated rings. The second-order valence-corrected chi connectivity index (χ2v) is 13.4. The lowest BCUT2D eigenvalue weighted by Crippen LogP contribution is -2.69. The van der Waals surface area contributed by atoms with E-state index in [0.29, 0.717) is 36.9 Å². The first-order chi connectivity index (χ1) is 20.5. The molecule has 0 unspecified atom stereocenters. The zero-order valence-corrected chi connectivity index (χ0v) is 24.4. The van der Waals surface area contributed by atoms with Crippen molar-refractivity contribution in [2.75, 3.05) is 6.61 Å². The van der Waals surface area contributed by atoms with Crippen molar-refractivity contribution in [2.24, 2.45) is 22.7 Å². The van der Waals surface area contributed by atoms with Gasteiger partial charge < -0.3 is 29.4 Å². The number of fused-ring (bicyclic) bond motifs is 7. The smallest absolute Gasteiger partial charge is 0.193 e. The van der Waals surface area contributed by atoms with Gasteiger partial charge in [0.25, 0.3) is 0 Å². The molecule has 0 amide bonds. The van der Waals surface area contributed by atoms with Crippen molar-refractivity contribution in [2.45, 2.75) is 82.5 Å². The molecule has 2 heterocycles. The highest BCUT2D eigenvalue weighted by molar-refractivity contribution is 6.01. The topological polar surface area (TPSA) is 118 Å². The number of Topliss-reactive ketones (excluding diaryl/α,β-unsaturated/α-hetero) is 1. The lowest BCUT2D eigenvalue weighted by atomic mass is 9.44. The minimum absolute atomic E-state index is 0.0490. The Hall–Kier alpha value is -2.95. The first-order valence-electron chi connectivity index (χ1n) is 15.1. The Morgan fingerprint density at radius 3 is 2.65 bits per heavy atom. The number of carbonyl (C=O) groups is 2. The minimum Gasteiger partial charge on any atom is -0.392 e. The lowest BCUT2D eigenvalue weighted by Gasteiger charge is -2.62. The summed E-state index contributed by atoms with van der Waals surface area (Å²) in [5.74, 6) is -1.66. The van der Waals surface area contributed by atoms with Gasteiger partial charge in [-0.15, -0.1) is 0 Å². The monoisotopic (exact) mass is 591 g/mol. The van der Waals surface area contributed by atoms with Crippen molar-refractivity contribution in [3.05, 3.63) is 83.2 Å². The van der Waals surface area contributed by atoms with E-state index in [1.54, 1.807) is 13.0 Å². The predicted molar refractivity (Wildman–Crippen MR) is 153 cm³/mol. The third-order valence-electron chi connectivity index (χ3n) is 11.6. The molecule has 2 aromatic rings. The van der Waals surface area contributed by atoms with E-state index in [1.807, 2.05) is 54.2 Å². The molecule has 5 aliphatic rings. The van der Waals surface area contributed by atoms with Crippen molar-refractivity contribution in [1.82, 2.24) is 4.57 Å². The van der Waals surface area contributed by atoms with Crippen LogP contribution in [0.3, 0.4) is 0 Å². The van der Waals surface area contributed by atoms with E-state index < -0.39 is 58.9 Å². The average Bonchev–Trinajstić information content (AvgIpc) is 3.67. The number of allylic oxidation sites excluding steroid dienone is 4. The van der Waals surface area contributed by atoms with Crippen LogP contribution in [0.4, 0.5) is 4.39 Å². The van der Waals surface area contributed by atoms with Gasteiger partial charge in [0.2, 0.25) is 0 Å². The van der Waals surface area contributed by atoms with Gasteiger partial charge in [-0.05, 0) is 67.9 Å². The molecule has 7 rings (SSSR count). The Bertz CT molecular complexity index is 1550. The molecule has 228 valence electrons. The maximum absolute atomic E-state index is 17.5. The van der Waals surface area contributed by atoms with E-state index in [-0.39, 0.29) is 24.7 Å². The molecule has 8 nitrogen and oxygen atoms in total. The largest absolute Gasteiger partial charge is 0.392 e. The van der Waals surface area contributed by atoms with Gasteiger partial charge in [0.1, 0.15) is 6.61 Å². The van der Waals surface area contributed by atoms with Gasteiger partial charge in [-0.1, -0.05) is 42.8 Å². The Kier molecular flexibility index (Phi) is 6.55. The summed E-state index contributed by atoms with van der Waals surface area (Å²) in [5, 5.41) is 31.6. The van der Waals surface area contributed by atoms with Crippen LogP contribution in [0.25, 0.3) is 0 Å². The number of rotatable bonds is 6. The molecule has 1 aromatic heterocycles. The fourth-order valence-corrected chi connectivity index (χ4v) is 9.48. The molecule has 9 heteroatoms. The number of benzene rings is 1. The quantitative estimate of drug-likeness (QED) is 0.469. The van der Waals surface area contributed by atoms with Crippen molar-refractivity contribution in [1.29, 1.82) is 0 Å². The maximum Gasteiger partial charge on any atom is 0.193 e. The van der Waals surface area contributed by atoms with Crippen molar-refractivity contribution >= 4 is 11.6 Å². The molecule has 1 aromatic carbocycles. The van der Waals surface area contributed by atoms with Gasteiger partial charge in [0.15, 0.2) is 29.1 Å². The number of hydrogen-bond donors (Lipinski definition) is 3. The standard InChI is InChI=1S/C34H38FNO7/c1-31-11-9-24(39)13-23(31)7-8-25-26-14-29-34(28(41)19-38,32(26,2)15-27(40)33(25,31)35)43-30(42-29)21-10-12-36(17-21)16-20-5-3-4-6-22(20)18-37/h3-6,9-13,17,25-27,29-30,37-38,40H,7-8,14-16,18-19H2,1-2H3/t25-,26-,27-,29+,30+,31-,32-,33-,34+/m0/s1. The van der Waals surface area contributed by atoms with Gasteiger partial charge in [0, 0.05) is 41.2 Å². The number of aliphatic hydroxyl groups is 3. The molecule has 43 heavy (non-hydrogen) atoms. The van der Waals surface area contributed by atoms with E-state index >= 15 is 4.39 Å². The number of aromatic nitrogens is 1. The number of nitrogens with zero attached hydrogens (tertiary/aromatic N) is 1. The molecular formula is C34H38FNO7. The zero-order valence-electron chi connectivity index (χ0n) is 24.4. The Labute approximate surface area is 249 Å². The predicted octanol–water partition coefficient (Wildman–Crippen LogP) is 3.72. The molecule has 4 aliphatic carbocycles. The number of alkyl halides is 1. The summed E-state index contributed by atoms with van der Waals surface area (Å²) in [7, 11) is 0. The van der Waals surface area contributed by atoms with Crippen LogP contribution in [0.15, 0.2) is 66.5 Å². The van der Waals surface area contributed by atoms with Gasteiger partial charge in [-0.3, -0.25) is 9.59 Å². The number of ketones is 2. The van der Waals surface area contributed by atoms with Crippen LogP contribution in [0.5, 0.6) is 0 Å². The third-order valence-corrected chi connectivity index (χ3v) is 11.6. The van der Waals surface area contributed by atoms with Gasteiger partial charge in [-0.25, -0.2) is 4.39 Å². The van der Waals surface area contributed by atoms with E-state index in [1.165, 1.54) is 12.2 Å². The second-order valence-electron chi connectivity index (χ2n) is 13.4. The number of halogens is 1. The Morgan fingerprint density at radius 1 is 1.14 bits per heavy atom. The van der Waals surface area contributed by atoms with E-state index in [0.717, 1.165) is 11.1 Å². The van der Waals surface area contributed by atoms with Crippen molar-refractivity contribution in [3.8, 4) is 0 Å². The summed E-state index contributed by atoms with van der Waals surface area (Å²) < 4.78 is 32.6. The van der Waals surface area contributed by atoms with Crippen LogP contribution in [-0.2, 0) is 32.2 Å². The molecule has 1 saturated heterocycles. The van der Waals surface area contributed by atoms with Crippen LogP contribution in [-0.4, -0.2) is 61.5 Å². The summed E-state index contributed by atoms with van der Waals surface area (Å²) in [5.41, 5.74) is -2.53. The SMILES string of the molecule is C[C@]12C=CC(=O)C=C1CC[C@H]1[C@@H]3C[C@H]4O[C@@H](c5ccn(Cc6ccccc6CO)c5)O[C@@]4(C(=O)CO)[C@@]3(C)C[C@H](O)[C@@]12F. The first kappa shape index (κ1) is 28.8. The number of aliphatic hydroxyl groups excluding tert-OH is 3. The van der Waals surface area contributed by atoms with Crippen LogP contribution in [0.1, 0.15) is 62.5 Å². The molecule has 0 spiro atoms. The van der Waals surface area contributed by atoms with Gasteiger partial charge in [0.05, 0.1) is 18.8 Å². The molecule has 0 bridgehead atoms. The lowest BCUT2D eigenvalue weighted by molar-refractivity contribution is -0.231. The fourth-order valence-electron chi connectivity index (χ4n) is 9.48. The number of ether oxygens (including phenoxy) is 2. The normalized spacial score (nSPS) is 41.3. The maximum atomic E-state index is 17.5. The molecule has 1 aliphatic heterocycles. The van der Waals surface area contributed by atoms with E-state index in [9.17, 15) is 24.9 Å². The fraction of sp³-hybridized carbons (Fsp3) is 0.529. The summed E-state index contributed by atoms with van der Waals surface area (Å²) in [4.78, 5) is 25.9. The minimum atomic E-state index is -2.04. The van der Waals surface area contributed by atoms with Gasteiger partial charge in [-0.2, -0.15) is 0 Å². The molecule has 3 saturated carbocycles. The highest BCUT2D eigenvalue weighted by Crippen LogP contribution is 2.72. The van der Waals surface area contributed by atoms with Crippen LogP contribution in [0.2, 0.25) is 0 Å². The number of hydrogen-bond acceptors (Lipinski definition) is 7. The molecular weight excluding hydrogens is 553 g/mol. The van der Waals surface area contributed by atoms with Crippen LogP contribution in [0, 0.1) is 22.7 Å². The summed E-state index contributed by atoms with van der Waals surface area (Å²) in [6.45, 7) is 3.34. The first-order valence-corrected chi connectivity index (χ1v) is 15.1. The highest BCUT2D eigenvalue weighted by Gasteiger charge is 2.79. The molecule has 0 radical (unpaired) electrons. The van der Waals surface area contributed by atoms with Crippen molar-refractivity contribution < 1.29 is 38.8 Å².